The van der Waals surface area contributed by atoms with Crippen molar-refractivity contribution in [2.75, 3.05) is 44.2 Å². The van der Waals surface area contributed by atoms with Crippen LogP contribution in [0.15, 0.2) is 67.1 Å². The molecule has 1 atom stereocenters. The first-order chi connectivity index (χ1) is 24.6. The van der Waals surface area contributed by atoms with Gasteiger partial charge in [-0.2, -0.15) is 10.2 Å². The zero-order chi connectivity index (χ0) is 35.3. The summed E-state index contributed by atoms with van der Waals surface area (Å²) in [5, 5.41) is 12.9. The van der Waals surface area contributed by atoms with Crippen LogP contribution in [0.5, 0.6) is 5.88 Å². The van der Waals surface area contributed by atoms with Gasteiger partial charge in [0.15, 0.2) is 5.82 Å². The van der Waals surface area contributed by atoms with Crippen molar-refractivity contribution >= 4 is 28.4 Å². The molecule has 0 saturated carbocycles. The molecule has 0 radical (unpaired) electrons. The first kappa shape index (κ1) is 33.0. The van der Waals surface area contributed by atoms with Crippen LogP contribution in [-0.2, 0) is 22.3 Å². The molecular formula is C38H42FN9O3. The normalized spacial score (nSPS) is 20.7. The maximum atomic E-state index is 16.1. The van der Waals surface area contributed by atoms with E-state index in [1.54, 1.807) is 34.2 Å². The molecule has 0 aliphatic carbocycles. The number of piperidine rings is 1. The number of halogens is 1. The fourth-order valence-corrected chi connectivity index (χ4v) is 7.84. The summed E-state index contributed by atoms with van der Waals surface area (Å²) in [4.78, 5) is 41.9. The van der Waals surface area contributed by atoms with Crippen molar-refractivity contribution in [1.29, 1.82) is 0 Å². The van der Waals surface area contributed by atoms with E-state index in [1.807, 2.05) is 68.3 Å². The van der Waals surface area contributed by atoms with Gasteiger partial charge in [0.25, 0.3) is 0 Å². The third-order valence-electron chi connectivity index (χ3n) is 10.7. The van der Waals surface area contributed by atoms with E-state index in [-0.39, 0.29) is 37.3 Å². The molecule has 12 nitrogen and oxygen atoms in total. The van der Waals surface area contributed by atoms with Gasteiger partial charge in [-0.3, -0.25) is 24.3 Å². The van der Waals surface area contributed by atoms with Crippen molar-refractivity contribution in [3.05, 3.63) is 72.7 Å². The fraction of sp³-hybridized carbons (Fsp3) is 0.421. The molecule has 0 unspecified atom stereocenters. The summed E-state index contributed by atoms with van der Waals surface area (Å²) in [5.74, 6) is 1.25. The number of ether oxygens (including phenoxy) is 1. The van der Waals surface area contributed by atoms with E-state index in [2.05, 4.69) is 30.2 Å². The van der Waals surface area contributed by atoms with Crippen LogP contribution >= 0.6 is 0 Å². The SMILES string of the molecule is CC(C)Oc1ccc(-c2n[nH]c3ccc(N4CC[C@]5(CCN(CC(=O)N6CCC(F)(c7ccc(-c8ncn(C)n8)cc7)CC6)C5)C4=O)cc23)cn1. The van der Waals surface area contributed by atoms with Crippen LogP contribution in [0.4, 0.5) is 10.1 Å². The first-order valence-corrected chi connectivity index (χ1v) is 17.7. The molecule has 1 spiro atoms. The van der Waals surface area contributed by atoms with Crippen molar-refractivity contribution in [2.45, 2.75) is 51.3 Å². The lowest BCUT2D eigenvalue weighted by Crippen LogP contribution is -2.47. The Kier molecular flexibility index (Phi) is 8.32. The molecule has 2 aromatic carbocycles. The summed E-state index contributed by atoms with van der Waals surface area (Å²) >= 11 is 0. The van der Waals surface area contributed by atoms with E-state index in [9.17, 15) is 9.59 Å². The molecule has 264 valence electrons. The number of aromatic amines is 1. The number of nitrogens with zero attached hydrogens (tertiary/aromatic N) is 8. The Morgan fingerprint density at radius 3 is 2.43 bits per heavy atom. The van der Waals surface area contributed by atoms with Crippen LogP contribution in [0, 0.1) is 5.41 Å². The van der Waals surface area contributed by atoms with Crippen LogP contribution in [0.1, 0.15) is 45.1 Å². The number of rotatable bonds is 8. The molecule has 6 heterocycles. The number of amides is 2. The minimum absolute atomic E-state index is 0.00999. The van der Waals surface area contributed by atoms with Gasteiger partial charge in [0.2, 0.25) is 17.7 Å². The minimum atomic E-state index is -1.49. The highest BCUT2D eigenvalue weighted by molar-refractivity contribution is 6.03. The number of aromatic nitrogens is 6. The van der Waals surface area contributed by atoms with Crippen LogP contribution in [0.3, 0.4) is 0 Å². The van der Waals surface area contributed by atoms with Crippen molar-refractivity contribution in [3.63, 3.8) is 0 Å². The number of H-pyrrole nitrogens is 1. The van der Waals surface area contributed by atoms with E-state index in [1.165, 1.54) is 0 Å². The maximum Gasteiger partial charge on any atom is 0.236 e. The molecular weight excluding hydrogens is 649 g/mol. The second-order valence-electron chi connectivity index (χ2n) is 14.5. The summed E-state index contributed by atoms with van der Waals surface area (Å²) in [7, 11) is 1.81. The van der Waals surface area contributed by atoms with Gasteiger partial charge < -0.3 is 14.5 Å². The zero-order valence-corrected chi connectivity index (χ0v) is 29.2. The number of carbonyl (C=O) groups is 2. The number of aryl methyl sites for hydroxylation is 1. The standard InChI is InChI=1S/C38H42FN9O3/c1-25(2)51-32-11-6-27(21-40-32)34-30-20-29(9-10-31(30)42-43-34)48-19-13-37(36(48)50)12-16-46(23-37)22-33(49)47-17-14-38(39,15-18-47)28-7-4-26(5-8-28)35-41-24-45(3)44-35/h4-11,20-21,24-25H,12-19,22-23H2,1-3H3,(H,42,43)/t37-/m0/s1. The summed E-state index contributed by atoms with van der Waals surface area (Å²) in [6.07, 6.45) is 5.36. The number of hydrogen-bond donors (Lipinski definition) is 1. The highest BCUT2D eigenvalue weighted by Gasteiger charge is 2.51. The average Bonchev–Trinajstić information content (AvgIpc) is 3.92. The molecule has 3 saturated heterocycles. The smallest absolute Gasteiger partial charge is 0.236 e. The van der Waals surface area contributed by atoms with Crippen LogP contribution in [-0.4, -0.2) is 96.9 Å². The average molecular weight is 692 g/mol. The molecule has 1 N–H and O–H groups in total. The van der Waals surface area contributed by atoms with Gasteiger partial charge >= 0.3 is 0 Å². The number of pyridine rings is 1. The Balaban J connectivity index is 0.880. The van der Waals surface area contributed by atoms with Crippen LogP contribution in [0.2, 0.25) is 0 Å². The minimum Gasteiger partial charge on any atom is -0.475 e. The van der Waals surface area contributed by atoms with Gasteiger partial charge in [-0.25, -0.2) is 14.4 Å². The number of benzene rings is 2. The monoisotopic (exact) mass is 691 g/mol. The van der Waals surface area contributed by atoms with Crippen molar-refractivity contribution in [3.8, 4) is 28.5 Å². The highest BCUT2D eigenvalue weighted by Crippen LogP contribution is 2.43. The number of carbonyl (C=O) groups excluding carboxylic acids is 2. The van der Waals surface area contributed by atoms with Gasteiger partial charge in [0.1, 0.15) is 17.7 Å². The third-order valence-corrected chi connectivity index (χ3v) is 10.7. The topological polar surface area (TPSA) is 125 Å². The zero-order valence-electron chi connectivity index (χ0n) is 29.2. The Hall–Kier alpha value is -5.17. The Bertz CT molecular complexity index is 2070. The second kappa shape index (κ2) is 12.9. The molecule has 8 rings (SSSR count). The van der Waals surface area contributed by atoms with E-state index >= 15 is 4.39 Å². The summed E-state index contributed by atoms with van der Waals surface area (Å²) in [5.41, 5.74) is 2.78. The molecule has 13 heteroatoms. The summed E-state index contributed by atoms with van der Waals surface area (Å²) < 4.78 is 23.4. The quantitative estimate of drug-likeness (QED) is 0.238. The third kappa shape index (κ3) is 6.24. The van der Waals surface area contributed by atoms with E-state index < -0.39 is 11.1 Å². The number of hydrogen-bond acceptors (Lipinski definition) is 8. The lowest BCUT2D eigenvalue weighted by atomic mass is 9.85. The van der Waals surface area contributed by atoms with Gasteiger partial charge in [0, 0.05) is 80.5 Å². The predicted octanol–water partition coefficient (Wildman–Crippen LogP) is 5.12. The van der Waals surface area contributed by atoms with E-state index in [4.69, 9.17) is 4.74 Å². The Labute approximate surface area is 295 Å². The van der Waals surface area contributed by atoms with Gasteiger partial charge in [-0.1, -0.05) is 24.3 Å². The largest absolute Gasteiger partial charge is 0.475 e. The molecule has 51 heavy (non-hydrogen) atoms. The van der Waals surface area contributed by atoms with Crippen molar-refractivity contribution in [1.82, 2.24) is 39.7 Å². The number of likely N-dealkylation sites (tertiary alicyclic amines) is 2. The van der Waals surface area contributed by atoms with Crippen molar-refractivity contribution < 1.29 is 18.7 Å². The molecule has 3 fully saturated rings. The molecule has 3 aromatic heterocycles. The van der Waals surface area contributed by atoms with Crippen LogP contribution < -0.4 is 9.64 Å². The summed E-state index contributed by atoms with van der Waals surface area (Å²) in [6.45, 7) is 6.71. The fourth-order valence-electron chi connectivity index (χ4n) is 7.84. The second-order valence-corrected chi connectivity index (χ2v) is 14.5. The van der Waals surface area contributed by atoms with E-state index in [0.717, 1.165) is 39.8 Å². The lowest BCUT2D eigenvalue weighted by molar-refractivity contribution is -0.135. The van der Waals surface area contributed by atoms with Crippen molar-refractivity contribution in [2.24, 2.45) is 12.5 Å². The molecule has 3 aliphatic rings. The number of anilines is 1. The number of nitrogens with one attached hydrogen (secondary N) is 1. The molecule has 0 bridgehead atoms. The highest BCUT2D eigenvalue weighted by atomic mass is 19.1. The number of fused-ring (bicyclic) bond motifs is 1. The summed E-state index contributed by atoms with van der Waals surface area (Å²) in [6, 6.07) is 17.0. The maximum absolute atomic E-state index is 16.1. The van der Waals surface area contributed by atoms with Gasteiger partial charge in [-0.05, 0) is 63.1 Å². The Morgan fingerprint density at radius 2 is 1.73 bits per heavy atom. The predicted molar refractivity (Wildman–Crippen MR) is 191 cm³/mol. The molecule has 2 amide bonds. The van der Waals surface area contributed by atoms with Crippen LogP contribution in [0.25, 0.3) is 33.5 Å². The number of alkyl halides is 1. The molecule has 5 aromatic rings. The van der Waals surface area contributed by atoms with Gasteiger partial charge in [0.05, 0.1) is 23.6 Å². The molecule has 3 aliphatic heterocycles. The lowest BCUT2D eigenvalue weighted by Gasteiger charge is -2.37. The van der Waals surface area contributed by atoms with Gasteiger partial charge in [-0.15, -0.1) is 0 Å². The first-order valence-electron chi connectivity index (χ1n) is 17.7. The Morgan fingerprint density at radius 1 is 0.961 bits per heavy atom. The van der Waals surface area contributed by atoms with E-state index in [0.29, 0.717) is 56.4 Å².